The summed E-state index contributed by atoms with van der Waals surface area (Å²) in [6.45, 7) is 1.68. The zero-order chi connectivity index (χ0) is 23.1. The topological polar surface area (TPSA) is 57.5 Å². The Balaban J connectivity index is 1.39. The number of allylic oxidation sites excluding steroid dienone is 1. The zero-order valence-electron chi connectivity index (χ0n) is 18.1. The quantitative estimate of drug-likeness (QED) is 0.271. The van der Waals surface area contributed by atoms with Crippen LogP contribution in [0, 0.1) is 6.92 Å². The van der Waals surface area contributed by atoms with Crippen molar-refractivity contribution >= 4 is 40.1 Å². The molecule has 164 valence electrons. The predicted octanol–water partition coefficient (Wildman–Crippen LogP) is 6.02. The molecule has 0 atom stereocenters. The maximum atomic E-state index is 13.0. The van der Waals surface area contributed by atoms with E-state index in [-0.39, 0.29) is 23.9 Å². The van der Waals surface area contributed by atoms with Gasteiger partial charge in [-0.15, -0.1) is 0 Å². The lowest BCUT2D eigenvalue weighted by Crippen LogP contribution is -2.12. The number of hydrogen-bond acceptors (Lipinski definition) is 4. The molecule has 2 heterocycles. The standard InChI is InChI=1S/C27H20ClNO4/c1-16-24(32-15-23(30)17-7-9-19(28)10-8-17)12-11-21-26(31)25(33-27(16)21)13-18-14-29(2)22-6-4-3-5-20(18)22/h3-14H,15H2,1-2H3/b25-13-. The number of carbonyl (C=O) groups excluding carboxylic acids is 2. The van der Waals surface area contributed by atoms with Crippen LogP contribution in [0.3, 0.4) is 0 Å². The van der Waals surface area contributed by atoms with Crippen LogP contribution in [-0.2, 0) is 7.05 Å². The Morgan fingerprint density at radius 1 is 1.09 bits per heavy atom. The van der Waals surface area contributed by atoms with Crippen molar-refractivity contribution in [3.05, 3.63) is 99.9 Å². The van der Waals surface area contributed by atoms with Gasteiger partial charge in [-0.3, -0.25) is 9.59 Å². The molecule has 0 spiro atoms. The van der Waals surface area contributed by atoms with Gasteiger partial charge in [0.05, 0.1) is 5.56 Å². The average Bonchev–Trinajstić information content (AvgIpc) is 3.31. The summed E-state index contributed by atoms with van der Waals surface area (Å²) in [7, 11) is 1.97. The van der Waals surface area contributed by atoms with Gasteiger partial charge in [-0.05, 0) is 55.5 Å². The Morgan fingerprint density at radius 2 is 1.85 bits per heavy atom. The van der Waals surface area contributed by atoms with Crippen molar-refractivity contribution in [3.8, 4) is 11.5 Å². The van der Waals surface area contributed by atoms with E-state index >= 15 is 0 Å². The molecule has 0 saturated heterocycles. The molecule has 6 heteroatoms. The molecular formula is C27H20ClNO4. The van der Waals surface area contributed by atoms with Gasteiger partial charge in [-0.25, -0.2) is 0 Å². The number of Topliss-reactive ketones (excluding diaryl/α,β-unsaturated/α-hetero) is 2. The van der Waals surface area contributed by atoms with Crippen LogP contribution in [0.5, 0.6) is 11.5 Å². The number of carbonyl (C=O) groups is 2. The zero-order valence-corrected chi connectivity index (χ0v) is 18.8. The van der Waals surface area contributed by atoms with Crippen molar-refractivity contribution in [1.82, 2.24) is 4.57 Å². The van der Waals surface area contributed by atoms with Gasteiger partial charge in [0.15, 0.2) is 18.1 Å². The number of para-hydroxylation sites is 1. The second kappa shape index (κ2) is 8.26. The highest BCUT2D eigenvalue weighted by Crippen LogP contribution is 2.39. The minimum absolute atomic E-state index is 0.131. The molecular weight excluding hydrogens is 438 g/mol. The predicted molar refractivity (Wildman–Crippen MR) is 128 cm³/mol. The Morgan fingerprint density at radius 3 is 2.64 bits per heavy atom. The number of ketones is 2. The molecule has 0 unspecified atom stereocenters. The highest BCUT2D eigenvalue weighted by Gasteiger charge is 2.30. The van der Waals surface area contributed by atoms with Crippen LogP contribution in [0.4, 0.5) is 0 Å². The van der Waals surface area contributed by atoms with Gasteiger partial charge in [0.1, 0.15) is 11.5 Å². The molecule has 4 aromatic rings. The largest absolute Gasteiger partial charge is 0.485 e. The molecule has 0 bridgehead atoms. The second-order valence-electron chi connectivity index (χ2n) is 7.94. The first-order valence-electron chi connectivity index (χ1n) is 10.5. The van der Waals surface area contributed by atoms with E-state index in [1.54, 1.807) is 42.5 Å². The number of aromatic nitrogens is 1. The minimum atomic E-state index is -0.176. The van der Waals surface area contributed by atoms with Gasteiger partial charge < -0.3 is 14.0 Å². The molecule has 0 radical (unpaired) electrons. The third kappa shape index (κ3) is 3.81. The number of hydrogen-bond donors (Lipinski definition) is 0. The maximum Gasteiger partial charge on any atom is 0.231 e. The smallest absolute Gasteiger partial charge is 0.231 e. The van der Waals surface area contributed by atoms with Crippen molar-refractivity contribution in [2.45, 2.75) is 6.92 Å². The summed E-state index contributed by atoms with van der Waals surface area (Å²) >= 11 is 5.88. The summed E-state index contributed by atoms with van der Waals surface area (Å²) < 4.78 is 13.8. The first-order chi connectivity index (χ1) is 15.9. The normalized spacial score (nSPS) is 13.9. The fourth-order valence-corrected chi connectivity index (χ4v) is 4.14. The van der Waals surface area contributed by atoms with E-state index in [1.165, 1.54) is 0 Å². The third-order valence-electron chi connectivity index (χ3n) is 5.78. The van der Waals surface area contributed by atoms with Crippen LogP contribution >= 0.6 is 11.6 Å². The lowest BCUT2D eigenvalue weighted by molar-refractivity contribution is 0.0920. The SMILES string of the molecule is Cc1c(OCC(=O)c2ccc(Cl)cc2)ccc2c1O/C(=C\c1cn(C)c3ccccc13)C2=O. The van der Waals surface area contributed by atoms with E-state index in [2.05, 4.69) is 0 Å². The van der Waals surface area contributed by atoms with E-state index in [4.69, 9.17) is 21.1 Å². The van der Waals surface area contributed by atoms with Crippen molar-refractivity contribution < 1.29 is 19.1 Å². The van der Waals surface area contributed by atoms with Crippen molar-refractivity contribution in [2.24, 2.45) is 7.05 Å². The van der Waals surface area contributed by atoms with Gasteiger partial charge >= 0.3 is 0 Å². The van der Waals surface area contributed by atoms with Crippen molar-refractivity contribution in [2.75, 3.05) is 6.61 Å². The van der Waals surface area contributed by atoms with Crippen LogP contribution < -0.4 is 9.47 Å². The Kier molecular flexibility index (Phi) is 5.27. The molecule has 5 nitrogen and oxygen atoms in total. The summed E-state index contributed by atoms with van der Waals surface area (Å²) in [5.41, 5.74) is 3.66. The Hall–Kier alpha value is -3.83. The van der Waals surface area contributed by atoms with E-state index < -0.39 is 0 Å². The van der Waals surface area contributed by atoms with Crippen LogP contribution in [-0.4, -0.2) is 22.7 Å². The number of aryl methyl sites for hydroxylation is 1. The molecule has 0 fully saturated rings. The molecule has 0 saturated carbocycles. The third-order valence-corrected chi connectivity index (χ3v) is 6.03. The molecule has 33 heavy (non-hydrogen) atoms. The minimum Gasteiger partial charge on any atom is -0.485 e. The Bertz CT molecular complexity index is 1450. The molecule has 0 N–H and O–H groups in total. The molecule has 5 rings (SSSR count). The molecule has 1 aromatic heterocycles. The van der Waals surface area contributed by atoms with E-state index in [1.807, 2.05) is 49.0 Å². The number of fused-ring (bicyclic) bond motifs is 2. The van der Waals surface area contributed by atoms with Crippen LogP contribution in [0.15, 0.2) is 72.6 Å². The van der Waals surface area contributed by atoms with Crippen molar-refractivity contribution in [1.29, 1.82) is 0 Å². The number of rotatable bonds is 5. The second-order valence-corrected chi connectivity index (χ2v) is 8.37. The highest BCUT2D eigenvalue weighted by molar-refractivity contribution is 6.30. The number of halogens is 1. The molecule has 0 aliphatic carbocycles. The van der Waals surface area contributed by atoms with E-state index in [9.17, 15) is 9.59 Å². The summed E-state index contributed by atoms with van der Waals surface area (Å²) in [6, 6.07) is 18.0. The van der Waals surface area contributed by atoms with Gasteiger partial charge in [0.2, 0.25) is 5.78 Å². The lowest BCUT2D eigenvalue weighted by Gasteiger charge is -2.11. The lowest BCUT2D eigenvalue weighted by atomic mass is 10.1. The van der Waals surface area contributed by atoms with Gasteiger partial charge in [-0.1, -0.05) is 29.8 Å². The monoisotopic (exact) mass is 457 g/mol. The first-order valence-corrected chi connectivity index (χ1v) is 10.8. The number of benzene rings is 3. The summed E-state index contributed by atoms with van der Waals surface area (Å²) in [5.74, 6) is 0.877. The molecule has 0 amide bonds. The fourth-order valence-electron chi connectivity index (χ4n) is 4.02. The summed E-state index contributed by atoms with van der Waals surface area (Å²) in [5, 5.41) is 1.61. The summed E-state index contributed by atoms with van der Waals surface area (Å²) in [6.07, 6.45) is 3.75. The number of ether oxygens (including phenoxy) is 2. The van der Waals surface area contributed by atoms with E-state index in [0.717, 1.165) is 16.5 Å². The maximum absolute atomic E-state index is 13.0. The van der Waals surface area contributed by atoms with Gasteiger partial charge in [-0.2, -0.15) is 0 Å². The molecule has 1 aliphatic heterocycles. The van der Waals surface area contributed by atoms with E-state index in [0.29, 0.717) is 33.2 Å². The Labute approximate surface area is 195 Å². The van der Waals surface area contributed by atoms with Crippen LogP contribution in [0.25, 0.3) is 17.0 Å². The average molecular weight is 458 g/mol. The van der Waals surface area contributed by atoms with Gasteiger partial charge in [0, 0.05) is 45.9 Å². The first kappa shape index (κ1) is 21.0. The summed E-state index contributed by atoms with van der Waals surface area (Å²) in [4.78, 5) is 25.4. The van der Waals surface area contributed by atoms with Crippen LogP contribution in [0.2, 0.25) is 5.02 Å². The highest BCUT2D eigenvalue weighted by atomic mass is 35.5. The number of nitrogens with zero attached hydrogens (tertiary/aromatic N) is 1. The fraction of sp³-hybridized carbons (Fsp3) is 0.111. The van der Waals surface area contributed by atoms with Crippen molar-refractivity contribution in [3.63, 3.8) is 0 Å². The van der Waals surface area contributed by atoms with Crippen LogP contribution in [0.1, 0.15) is 31.8 Å². The molecule has 1 aliphatic rings. The van der Waals surface area contributed by atoms with Gasteiger partial charge in [0.25, 0.3) is 0 Å². The molecule has 3 aromatic carbocycles.